The molecule has 0 bridgehead atoms. The fourth-order valence-corrected chi connectivity index (χ4v) is 2.20. The van der Waals surface area contributed by atoms with E-state index in [0.29, 0.717) is 0 Å². The molecule has 0 saturated carbocycles. The topological polar surface area (TPSA) is 24.1 Å². The summed E-state index contributed by atoms with van der Waals surface area (Å²) in [6, 6.07) is 0. The van der Waals surface area contributed by atoms with Crippen LogP contribution in [0.1, 0.15) is 41.5 Å². The molecule has 0 aliphatic carbocycles. The van der Waals surface area contributed by atoms with Crippen LogP contribution < -0.4 is 10.6 Å². The average Bonchev–Trinajstić information content (AvgIpc) is 2.20. The van der Waals surface area contributed by atoms with Crippen LogP contribution >= 0.6 is 0 Å². The summed E-state index contributed by atoms with van der Waals surface area (Å²) in [6.45, 7) is 18.3. The van der Waals surface area contributed by atoms with Gasteiger partial charge in [0.05, 0.1) is 0 Å². The summed E-state index contributed by atoms with van der Waals surface area (Å²) in [7, 11) is 0. The summed E-state index contributed by atoms with van der Waals surface area (Å²) in [5.74, 6) is 3.07. The lowest BCUT2D eigenvalue weighted by atomic mass is 9.85. The van der Waals surface area contributed by atoms with E-state index in [1.807, 2.05) is 0 Å². The van der Waals surface area contributed by atoms with Crippen molar-refractivity contribution in [2.45, 2.75) is 41.5 Å². The molecule has 1 unspecified atom stereocenters. The van der Waals surface area contributed by atoms with Crippen molar-refractivity contribution in [2.75, 3.05) is 26.2 Å². The van der Waals surface area contributed by atoms with Gasteiger partial charge >= 0.3 is 0 Å². The summed E-state index contributed by atoms with van der Waals surface area (Å²) in [5, 5.41) is 7.01. The first-order chi connectivity index (χ1) is 7.49. The third kappa shape index (κ3) is 7.24. The van der Waals surface area contributed by atoms with Gasteiger partial charge in [-0.15, -0.1) is 0 Å². The van der Waals surface area contributed by atoms with E-state index in [1.54, 1.807) is 0 Å². The maximum atomic E-state index is 3.62. The Morgan fingerprint density at radius 2 is 1.25 bits per heavy atom. The first kappa shape index (κ1) is 15.9. The van der Waals surface area contributed by atoms with Gasteiger partial charge in [0, 0.05) is 0 Å². The molecule has 2 N–H and O–H groups in total. The predicted molar refractivity (Wildman–Crippen MR) is 73.7 cm³/mol. The lowest BCUT2D eigenvalue weighted by Crippen LogP contribution is -2.35. The van der Waals surface area contributed by atoms with Crippen molar-refractivity contribution in [3.8, 4) is 0 Å². The minimum absolute atomic E-state index is 0.722. The Bertz CT molecular complexity index is 147. The van der Waals surface area contributed by atoms with Gasteiger partial charge in [-0.05, 0) is 49.9 Å². The zero-order valence-corrected chi connectivity index (χ0v) is 12.1. The quantitative estimate of drug-likeness (QED) is 0.634. The van der Waals surface area contributed by atoms with Gasteiger partial charge in [0.15, 0.2) is 0 Å². The maximum Gasteiger partial charge on any atom is -0.00109 e. The van der Waals surface area contributed by atoms with Gasteiger partial charge in [-0.2, -0.15) is 0 Å². The Morgan fingerprint density at radius 3 is 1.69 bits per heavy atom. The molecule has 0 heterocycles. The maximum absolute atomic E-state index is 3.62. The summed E-state index contributed by atoms with van der Waals surface area (Å²) in [4.78, 5) is 0. The first-order valence-electron chi connectivity index (χ1n) is 6.90. The van der Waals surface area contributed by atoms with Gasteiger partial charge in [0.2, 0.25) is 0 Å². The smallest absolute Gasteiger partial charge is 0.00109 e. The Labute approximate surface area is 103 Å². The van der Waals surface area contributed by atoms with Crippen LogP contribution in [0.25, 0.3) is 0 Å². The van der Waals surface area contributed by atoms with E-state index < -0.39 is 0 Å². The van der Waals surface area contributed by atoms with E-state index in [4.69, 9.17) is 0 Å². The molecule has 0 spiro atoms. The SMILES string of the molecule is CCNCC(C)CNCC(C(C)C)C(C)C. The lowest BCUT2D eigenvalue weighted by Gasteiger charge is -2.26. The molecule has 0 radical (unpaired) electrons. The molecule has 0 aliphatic rings. The van der Waals surface area contributed by atoms with Crippen LogP contribution in [0.15, 0.2) is 0 Å². The molecule has 2 heteroatoms. The summed E-state index contributed by atoms with van der Waals surface area (Å²) in [5.41, 5.74) is 0. The van der Waals surface area contributed by atoms with E-state index in [-0.39, 0.29) is 0 Å². The summed E-state index contributed by atoms with van der Waals surface area (Å²) in [6.07, 6.45) is 0. The van der Waals surface area contributed by atoms with Crippen molar-refractivity contribution in [2.24, 2.45) is 23.7 Å². The van der Waals surface area contributed by atoms with Gasteiger partial charge in [0.1, 0.15) is 0 Å². The lowest BCUT2D eigenvalue weighted by molar-refractivity contribution is 0.271. The number of rotatable bonds is 9. The van der Waals surface area contributed by atoms with E-state index in [0.717, 1.165) is 49.9 Å². The molecule has 2 nitrogen and oxygen atoms in total. The first-order valence-corrected chi connectivity index (χ1v) is 6.90. The van der Waals surface area contributed by atoms with Gasteiger partial charge in [-0.25, -0.2) is 0 Å². The van der Waals surface area contributed by atoms with Gasteiger partial charge < -0.3 is 10.6 Å². The molecule has 0 saturated heterocycles. The fourth-order valence-electron chi connectivity index (χ4n) is 2.20. The van der Waals surface area contributed by atoms with Crippen LogP contribution in [-0.4, -0.2) is 26.2 Å². The van der Waals surface area contributed by atoms with Crippen LogP contribution in [0, 0.1) is 23.7 Å². The molecule has 0 aliphatic heterocycles. The van der Waals surface area contributed by atoms with Crippen molar-refractivity contribution in [3.63, 3.8) is 0 Å². The molecule has 1 atom stereocenters. The monoisotopic (exact) mass is 228 g/mol. The summed E-state index contributed by atoms with van der Waals surface area (Å²) >= 11 is 0. The van der Waals surface area contributed by atoms with Gasteiger partial charge in [0.25, 0.3) is 0 Å². The highest BCUT2D eigenvalue weighted by Gasteiger charge is 2.16. The Morgan fingerprint density at radius 1 is 0.750 bits per heavy atom. The van der Waals surface area contributed by atoms with Crippen LogP contribution in [-0.2, 0) is 0 Å². The van der Waals surface area contributed by atoms with Crippen LogP contribution in [0.4, 0.5) is 0 Å². The second-order valence-corrected chi connectivity index (χ2v) is 5.72. The molecule has 0 fully saturated rings. The Hall–Kier alpha value is -0.0800. The second kappa shape index (κ2) is 9.00. The second-order valence-electron chi connectivity index (χ2n) is 5.72. The predicted octanol–water partition coefficient (Wildman–Crippen LogP) is 2.75. The van der Waals surface area contributed by atoms with E-state index >= 15 is 0 Å². The third-order valence-electron chi connectivity index (χ3n) is 3.33. The molecule has 16 heavy (non-hydrogen) atoms. The van der Waals surface area contributed by atoms with Gasteiger partial charge in [-0.3, -0.25) is 0 Å². The molecule has 0 aromatic rings. The largest absolute Gasteiger partial charge is 0.317 e. The standard InChI is InChI=1S/C14H32N2/c1-7-15-8-13(6)9-16-10-14(11(2)3)12(4)5/h11-16H,7-10H2,1-6H3. The van der Waals surface area contributed by atoms with Crippen LogP contribution in [0.2, 0.25) is 0 Å². The number of hydrogen-bond donors (Lipinski definition) is 2. The fraction of sp³-hybridized carbons (Fsp3) is 1.00. The molecule has 0 rings (SSSR count). The highest BCUT2D eigenvalue weighted by Crippen LogP contribution is 2.19. The zero-order valence-electron chi connectivity index (χ0n) is 12.1. The average molecular weight is 228 g/mol. The molecule has 0 aromatic carbocycles. The van der Waals surface area contributed by atoms with Crippen LogP contribution in [0.3, 0.4) is 0 Å². The zero-order chi connectivity index (χ0) is 12.6. The van der Waals surface area contributed by atoms with Gasteiger partial charge in [-0.1, -0.05) is 41.5 Å². The Kier molecular flexibility index (Phi) is 8.96. The van der Waals surface area contributed by atoms with Crippen molar-refractivity contribution in [1.82, 2.24) is 10.6 Å². The highest BCUT2D eigenvalue weighted by atomic mass is 14.9. The molecular formula is C14H32N2. The van der Waals surface area contributed by atoms with E-state index in [9.17, 15) is 0 Å². The molecule has 98 valence electrons. The normalized spacial score (nSPS) is 14.1. The minimum Gasteiger partial charge on any atom is -0.317 e. The van der Waals surface area contributed by atoms with E-state index in [1.165, 1.54) is 0 Å². The molecule has 0 amide bonds. The minimum atomic E-state index is 0.722. The van der Waals surface area contributed by atoms with Crippen molar-refractivity contribution >= 4 is 0 Å². The third-order valence-corrected chi connectivity index (χ3v) is 3.33. The molecule has 0 aromatic heterocycles. The van der Waals surface area contributed by atoms with Crippen molar-refractivity contribution < 1.29 is 0 Å². The summed E-state index contributed by atoms with van der Waals surface area (Å²) < 4.78 is 0. The van der Waals surface area contributed by atoms with E-state index in [2.05, 4.69) is 52.2 Å². The highest BCUT2D eigenvalue weighted by molar-refractivity contribution is 4.70. The number of hydrogen-bond acceptors (Lipinski definition) is 2. The van der Waals surface area contributed by atoms with Crippen molar-refractivity contribution in [3.05, 3.63) is 0 Å². The Balaban J connectivity index is 3.69. The molecular weight excluding hydrogens is 196 g/mol. The van der Waals surface area contributed by atoms with Crippen LogP contribution in [0.5, 0.6) is 0 Å². The number of nitrogens with one attached hydrogen (secondary N) is 2. The van der Waals surface area contributed by atoms with Crippen molar-refractivity contribution in [1.29, 1.82) is 0 Å².